The van der Waals surface area contributed by atoms with Crippen molar-refractivity contribution in [2.24, 2.45) is 11.3 Å². The highest BCUT2D eigenvalue weighted by Gasteiger charge is 2.58. The van der Waals surface area contributed by atoms with Gasteiger partial charge < -0.3 is 10.2 Å². The lowest BCUT2D eigenvalue weighted by molar-refractivity contribution is -0.134. The molecule has 1 aliphatic carbocycles. The van der Waals surface area contributed by atoms with Gasteiger partial charge in [0.15, 0.2) is 0 Å². The number of nitrogens with one attached hydrogen (secondary N) is 1. The first-order chi connectivity index (χ1) is 10.6. The van der Waals surface area contributed by atoms with E-state index in [9.17, 15) is 9.18 Å². The number of piperidine rings is 1. The molecule has 0 bridgehead atoms. The summed E-state index contributed by atoms with van der Waals surface area (Å²) in [5, 5.41) is 3.38. The molecule has 1 saturated carbocycles. The number of carbonyl (C=O) groups excluding carboxylic acids is 1. The fraction of sp³-hybridized carbons (Fsp3) is 0.611. The number of nitrogens with zero attached hydrogens (tertiary/aromatic N) is 1. The highest BCUT2D eigenvalue weighted by molar-refractivity contribution is 5.82. The molecule has 1 saturated heterocycles. The fourth-order valence-electron chi connectivity index (χ4n) is 3.74. The third kappa shape index (κ3) is 3.17. The standard InChI is InChI=1S/C18H25FN2O/c1-2-11-21(13-14-3-5-15(19)6-4-14)17(22)16-12-18(16)7-9-20-10-8-18/h3-6,16,20H,2,7-13H2,1H3. The third-order valence-electron chi connectivity index (χ3n) is 5.18. The lowest BCUT2D eigenvalue weighted by Gasteiger charge is -2.27. The van der Waals surface area contributed by atoms with Gasteiger partial charge in [-0.25, -0.2) is 4.39 Å². The van der Waals surface area contributed by atoms with Crippen molar-refractivity contribution in [2.45, 2.75) is 39.2 Å². The van der Waals surface area contributed by atoms with Gasteiger partial charge in [-0.05, 0) is 61.9 Å². The van der Waals surface area contributed by atoms with Crippen molar-refractivity contribution in [2.75, 3.05) is 19.6 Å². The molecule has 120 valence electrons. The Morgan fingerprint density at radius 2 is 2.00 bits per heavy atom. The van der Waals surface area contributed by atoms with Crippen LogP contribution in [-0.2, 0) is 11.3 Å². The Morgan fingerprint density at radius 3 is 2.64 bits per heavy atom. The number of carbonyl (C=O) groups is 1. The van der Waals surface area contributed by atoms with Gasteiger partial charge in [-0.3, -0.25) is 4.79 Å². The number of benzene rings is 1. The zero-order valence-electron chi connectivity index (χ0n) is 13.3. The molecule has 1 amide bonds. The summed E-state index contributed by atoms with van der Waals surface area (Å²) < 4.78 is 13.0. The quantitative estimate of drug-likeness (QED) is 0.907. The molecule has 22 heavy (non-hydrogen) atoms. The minimum absolute atomic E-state index is 0.210. The lowest BCUT2D eigenvalue weighted by Crippen LogP contribution is -2.36. The van der Waals surface area contributed by atoms with Crippen molar-refractivity contribution in [1.29, 1.82) is 0 Å². The van der Waals surface area contributed by atoms with E-state index in [-0.39, 0.29) is 17.2 Å². The minimum atomic E-state index is -0.229. The molecule has 3 rings (SSSR count). The van der Waals surface area contributed by atoms with Crippen LogP contribution in [0.5, 0.6) is 0 Å². The van der Waals surface area contributed by atoms with Crippen molar-refractivity contribution in [3.63, 3.8) is 0 Å². The molecule has 0 radical (unpaired) electrons. The van der Waals surface area contributed by atoms with Crippen LogP contribution < -0.4 is 5.32 Å². The van der Waals surface area contributed by atoms with E-state index in [0.717, 1.165) is 50.9 Å². The summed E-state index contributed by atoms with van der Waals surface area (Å²) in [7, 11) is 0. The molecule has 1 spiro atoms. The maximum atomic E-state index is 13.0. The number of hydrogen-bond donors (Lipinski definition) is 1. The Bertz CT molecular complexity index is 522. The third-order valence-corrected chi connectivity index (χ3v) is 5.18. The van der Waals surface area contributed by atoms with E-state index in [1.165, 1.54) is 12.1 Å². The topological polar surface area (TPSA) is 32.3 Å². The molecule has 1 atom stereocenters. The monoisotopic (exact) mass is 304 g/mol. The molecule has 2 fully saturated rings. The molecule has 1 aliphatic heterocycles. The molecule has 0 aromatic heterocycles. The average Bonchev–Trinajstić information content (AvgIpc) is 3.22. The van der Waals surface area contributed by atoms with Gasteiger partial charge >= 0.3 is 0 Å². The lowest BCUT2D eigenvalue weighted by atomic mass is 9.91. The van der Waals surface area contributed by atoms with Crippen molar-refractivity contribution in [3.8, 4) is 0 Å². The van der Waals surface area contributed by atoms with Crippen LogP contribution in [0.3, 0.4) is 0 Å². The predicted octanol–water partition coefficient (Wildman–Crippen LogP) is 2.95. The number of hydrogen-bond acceptors (Lipinski definition) is 2. The Kier molecular flexibility index (Phi) is 4.48. The molecule has 1 N–H and O–H groups in total. The first-order valence-corrected chi connectivity index (χ1v) is 8.38. The number of amides is 1. The summed E-state index contributed by atoms with van der Waals surface area (Å²) in [6, 6.07) is 6.49. The summed E-state index contributed by atoms with van der Waals surface area (Å²) in [5.74, 6) is 0.280. The number of rotatable bonds is 5. The molecule has 1 unspecified atom stereocenters. The van der Waals surface area contributed by atoms with E-state index in [0.29, 0.717) is 12.5 Å². The summed E-state index contributed by atoms with van der Waals surface area (Å²) in [6.07, 6.45) is 4.26. The van der Waals surface area contributed by atoms with Gasteiger partial charge in [0.25, 0.3) is 0 Å². The van der Waals surface area contributed by atoms with E-state index in [1.54, 1.807) is 12.1 Å². The summed E-state index contributed by atoms with van der Waals surface area (Å²) in [6.45, 7) is 5.54. The molecule has 1 aromatic rings. The molecular weight excluding hydrogens is 279 g/mol. The van der Waals surface area contributed by atoms with E-state index >= 15 is 0 Å². The van der Waals surface area contributed by atoms with Gasteiger partial charge in [0.1, 0.15) is 5.82 Å². The van der Waals surface area contributed by atoms with Crippen LogP contribution in [-0.4, -0.2) is 30.4 Å². The summed E-state index contributed by atoms with van der Waals surface area (Å²) in [4.78, 5) is 14.8. The van der Waals surface area contributed by atoms with Crippen LogP contribution in [0.1, 0.15) is 38.2 Å². The van der Waals surface area contributed by atoms with E-state index < -0.39 is 0 Å². The maximum Gasteiger partial charge on any atom is 0.226 e. The van der Waals surface area contributed by atoms with E-state index in [2.05, 4.69) is 12.2 Å². The summed E-state index contributed by atoms with van der Waals surface area (Å²) >= 11 is 0. The zero-order valence-corrected chi connectivity index (χ0v) is 13.3. The molecule has 1 heterocycles. The van der Waals surface area contributed by atoms with E-state index in [1.807, 2.05) is 4.90 Å². The zero-order chi connectivity index (χ0) is 15.6. The average molecular weight is 304 g/mol. The second-order valence-electron chi connectivity index (χ2n) is 6.76. The fourth-order valence-corrected chi connectivity index (χ4v) is 3.74. The summed E-state index contributed by atoms with van der Waals surface area (Å²) in [5.41, 5.74) is 1.28. The molecule has 2 aliphatic rings. The molecule has 4 heteroatoms. The minimum Gasteiger partial charge on any atom is -0.338 e. The van der Waals surface area contributed by atoms with Gasteiger partial charge in [-0.15, -0.1) is 0 Å². The van der Waals surface area contributed by atoms with Crippen LogP contribution >= 0.6 is 0 Å². The first kappa shape index (κ1) is 15.5. The van der Waals surface area contributed by atoms with Crippen LogP contribution in [0.2, 0.25) is 0 Å². The molecular formula is C18H25FN2O. The molecule has 1 aromatic carbocycles. The maximum absolute atomic E-state index is 13.0. The van der Waals surface area contributed by atoms with Crippen LogP contribution in [0.25, 0.3) is 0 Å². The highest BCUT2D eigenvalue weighted by Crippen LogP contribution is 2.59. The highest BCUT2D eigenvalue weighted by atomic mass is 19.1. The molecule has 3 nitrogen and oxygen atoms in total. The normalized spacial score (nSPS) is 22.5. The Morgan fingerprint density at radius 1 is 1.32 bits per heavy atom. The van der Waals surface area contributed by atoms with Crippen LogP contribution in [0, 0.1) is 17.2 Å². The smallest absolute Gasteiger partial charge is 0.226 e. The van der Waals surface area contributed by atoms with Gasteiger partial charge in [0.05, 0.1) is 0 Å². The second-order valence-corrected chi connectivity index (χ2v) is 6.76. The Labute approximate surface area is 131 Å². The van der Waals surface area contributed by atoms with Crippen molar-refractivity contribution < 1.29 is 9.18 Å². The van der Waals surface area contributed by atoms with Gasteiger partial charge in [0.2, 0.25) is 5.91 Å². The SMILES string of the molecule is CCCN(Cc1ccc(F)cc1)C(=O)C1CC12CCNCC2. The van der Waals surface area contributed by atoms with Crippen molar-refractivity contribution >= 4 is 5.91 Å². The van der Waals surface area contributed by atoms with Gasteiger partial charge in [-0.1, -0.05) is 19.1 Å². The Hall–Kier alpha value is -1.42. The Balaban J connectivity index is 1.65. The first-order valence-electron chi connectivity index (χ1n) is 8.38. The number of halogens is 1. The van der Waals surface area contributed by atoms with Crippen molar-refractivity contribution in [1.82, 2.24) is 10.2 Å². The van der Waals surface area contributed by atoms with Gasteiger partial charge in [-0.2, -0.15) is 0 Å². The largest absolute Gasteiger partial charge is 0.338 e. The van der Waals surface area contributed by atoms with Crippen LogP contribution in [0.4, 0.5) is 4.39 Å². The van der Waals surface area contributed by atoms with Crippen LogP contribution in [0.15, 0.2) is 24.3 Å². The van der Waals surface area contributed by atoms with E-state index in [4.69, 9.17) is 0 Å². The van der Waals surface area contributed by atoms with Crippen molar-refractivity contribution in [3.05, 3.63) is 35.6 Å². The predicted molar refractivity (Wildman–Crippen MR) is 84.8 cm³/mol. The van der Waals surface area contributed by atoms with Gasteiger partial charge in [0, 0.05) is 19.0 Å². The second kappa shape index (κ2) is 6.37.